The summed E-state index contributed by atoms with van der Waals surface area (Å²) >= 11 is 0. The molecule has 156 valence electrons. The maximum atomic E-state index is 13.1. The average Bonchev–Trinajstić information content (AvgIpc) is 3.12. The van der Waals surface area contributed by atoms with E-state index in [1.807, 2.05) is 24.3 Å². The van der Waals surface area contributed by atoms with Crippen molar-refractivity contribution in [2.45, 2.75) is 13.3 Å². The van der Waals surface area contributed by atoms with Crippen LogP contribution in [0.25, 0.3) is 11.0 Å². The van der Waals surface area contributed by atoms with E-state index in [4.69, 9.17) is 5.73 Å². The van der Waals surface area contributed by atoms with Crippen LogP contribution in [-0.4, -0.2) is 31.3 Å². The first-order valence-electron chi connectivity index (χ1n) is 9.68. The maximum absolute atomic E-state index is 13.1. The van der Waals surface area contributed by atoms with E-state index in [0.717, 1.165) is 6.42 Å². The molecule has 2 amide bonds. The fraction of sp³-hybridized carbons (Fsp3) is 0.136. The lowest BCUT2D eigenvalue weighted by Gasteiger charge is -2.09. The van der Waals surface area contributed by atoms with Crippen molar-refractivity contribution in [3.8, 4) is 0 Å². The summed E-state index contributed by atoms with van der Waals surface area (Å²) in [6.07, 6.45) is 6.84. The first kappa shape index (κ1) is 20.0. The third kappa shape index (κ3) is 4.06. The van der Waals surface area contributed by atoms with Crippen molar-refractivity contribution in [1.29, 1.82) is 0 Å². The van der Waals surface area contributed by atoms with Crippen LogP contribution < -0.4 is 16.4 Å². The molecule has 0 radical (unpaired) electrons. The Labute approximate surface area is 178 Å². The molecule has 9 heteroatoms. The molecular weight excluding hydrogens is 394 g/mol. The summed E-state index contributed by atoms with van der Waals surface area (Å²) in [5.41, 5.74) is 9.45. The standard InChI is InChI=1S/C22H21N7O2/c1-3-13-4-6-15(7-5-13)27-22(31)28-16-8-14(9-24-10-16)19(30)17-11-29(2)21-18(17)20(23)25-12-26-21/h4-12H,3H2,1-2H3,(H2,23,25,26)(H2,27,28,31). The smallest absolute Gasteiger partial charge is 0.323 e. The van der Waals surface area contributed by atoms with Crippen LogP contribution in [-0.2, 0) is 13.5 Å². The summed E-state index contributed by atoms with van der Waals surface area (Å²) in [5.74, 6) is -0.0662. The normalized spacial score (nSPS) is 10.8. The molecule has 4 rings (SSSR count). The summed E-state index contributed by atoms with van der Waals surface area (Å²) in [6.45, 7) is 2.07. The highest BCUT2D eigenvalue weighted by molar-refractivity contribution is 6.18. The van der Waals surface area contributed by atoms with E-state index < -0.39 is 6.03 Å². The van der Waals surface area contributed by atoms with E-state index in [0.29, 0.717) is 33.5 Å². The van der Waals surface area contributed by atoms with Crippen LogP contribution in [0.4, 0.5) is 22.0 Å². The van der Waals surface area contributed by atoms with Gasteiger partial charge in [-0.25, -0.2) is 14.8 Å². The number of hydrogen-bond acceptors (Lipinski definition) is 6. The van der Waals surface area contributed by atoms with Crippen LogP contribution in [0.2, 0.25) is 0 Å². The molecule has 1 aromatic carbocycles. The van der Waals surface area contributed by atoms with Crippen molar-refractivity contribution >= 4 is 40.0 Å². The molecule has 0 bridgehead atoms. The number of nitrogen functional groups attached to an aromatic ring is 1. The van der Waals surface area contributed by atoms with Crippen LogP contribution >= 0.6 is 0 Å². The monoisotopic (exact) mass is 415 g/mol. The molecule has 31 heavy (non-hydrogen) atoms. The number of carbonyl (C=O) groups excluding carboxylic acids is 2. The molecule has 0 spiro atoms. The Kier molecular flexibility index (Phi) is 5.31. The minimum absolute atomic E-state index is 0.227. The van der Waals surface area contributed by atoms with Gasteiger partial charge in [0.15, 0.2) is 5.78 Å². The molecule has 0 unspecified atom stereocenters. The second-order valence-electron chi connectivity index (χ2n) is 7.03. The molecule has 9 nitrogen and oxygen atoms in total. The second kappa shape index (κ2) is 8.23. The summed E-state index contributed by atoms with van der Waals surface area (Å²) in [5, 5.41) is 5.95. The van der Waals surface area contributed by atoms with Gasteiger partial charge in [-0.3, -0.25) is 9.78 Å². The zero-order valence-electron chi connectivity index (χ0n) is 17.1. The summed E-state index contributed by atoms with van der Waals surface area (Å²) in [6, 6.07) is 8.71. The van der Waals surface area contributed by atoms with Crippen molar-refractivity contribution in [3.63, 3.8) is 0 Å². The first-order valence-corrected chi connectivity index (χ1v) is 9.68. The SMILES string of the molecule is CCc1ccc(NC(=O)Nc2cncc(C(=O)c3cn(C)c4ncnc(N)c34)c2)cc1. The number of aryl methyl sites for hydroxylation is 2. The minimum Gasteiger partial charge on any atom is -0.383 e. The third-order valence-electron chi connectivity index (χ3n) is 4.91. The molecule has 0 fully saturated rings. The number of aromatic nitrogens is 4. The number of urea groups is 1. The van der Waals surface area contributed by atoms with Crippen molar-refractivity contribution in [3.05, 3.63) is 71.9 Å². The van der Waals surface area contributed by atoms with Gasteiger partial charge in [0.05, 0.1) is 22.8 Å². The average molecular weight is 415 g/mol. The Morgan fingerprint density at radius 3 is 2.55 bits per heavy atom. The number of ketones is 1. The Hall–Kier alpha value is -4.27. The number of fused-ring (bicyclic) bond motifs is 1. The number of rotatable bonds is 5. The number of hydrogen-bond donors (Lipinski definition) is 3. The number of anilines is 3. The fourth-order valence-electron chi connectivity index (χ4n) is 3.31. The number of nitrogens with two attached hydrogens (primary N) is 1. The van der Waals surface area contributed by atoms with E-state index in [-0.39, 0.29) is 11.6 Å². The van der Waals surface area contributed by atoms with Gasteiger partial charge >= 0.3 is 6.03 Å². The molecule has 4 aromatic rings. The Balaban J connectivity index is 1.54. The molecule has 3 aromatic heterocycles. The maximum Gasteiger partial charge on any atom is 0.323 e. The van der Waals surface area contributed by atoms with Crippen molar-refractivity contribution in [2.24, 2.45) is 7.05 Å². The van der Waals surface area contributed by atoms with Crippen molar-refractivity contribution < 1.29 is 9.59 Å². The van der Waals surface area contributed by atoms with E-state index in [1.165, 1.54) is 24.3 Å². The minimum atomic E-state index is -0.432. The highest BCUT2D eigenvalue weighted by Crippen LogP contribution is 2.25. The van der Waals surface area contributed by atoms with Crippen LogP contribution in [0.5, 0.6) is 0 Å². The topological polar surface area (TPSA) is 128 Å². The number of benzene rings is 1. The van der Waals surface area contributed by atoms with Crippen molar-refractivity contribution in [1.82, 2.24) is 19.5 Å². The summed E-state index contributed by atoms with van der Waals surface area (Å²) in [7, 11) is 1.78. The van der Waals surface area contributed by atoms with Gasteiger partial charge in [-0.15, -0.1) is 0 Å². The molecular formula is C22H21N7O2. The number of amides is 2. The second-order valence-corrected chi connectivity index (χ2v) is 7.03. The number of nitrogens with zero attached hydrogens (tertiary/aromatic N) is 4. The lowest BCUT2D eigenvalue weighted by Crippen LogP contribution is -2.19. The molecule has 0 atom stereocenters. The van der Waals surface area contributed by atoms with Gasteiger partial charge in [0, 0.05) is 30.7 Å². The predicted molar refractivity (Wildman–Crippen MR) is 119 cm³/mol. The van der Waals surface area contributed by atoms with E-state index in [1.54, 1.807) is 23.9 Å². The van der Waals surface area contributed by atoms with Gasteiger partial charge in [-0.1, -0.05) is 19.1 Å². The quantitative estimate of drug-likeness (QED) is 0.429. The molecule has 0 aliphatic heterocycles. The van der Waals surface area contributed by atoms with Crippen molar-refractivity contribution in [2.75, 3.05) is 16.4 Å². The lowest BCUT2D eigenvalue weighted by molar-refractivity contribution is 0.103. The van der Waals surface area contributed by atoms with E-state index >= 15 is 0 Å². The molecule has 4 N–H and O–H groups in total. The van der Waals surface area contributed by atoms with Crippen LogP contribution in [0.3, 0.4) is 0 Å². The molecule has 0 saturated heterocycles. The van der Waals surface area contributed by atoms with E-state index in [2.05, 4.69) is 32.5 Å². The van der Waals surface area contributed by atoms with Gasteiger partial charge in [0.2, 0.25) is 0 Å². The fourth-order valence-corrected chi connectivity index (χ4v) is 3.31. The Bertz CT molecular complexity index is 1280. The third-order valence-corrected chi connectivity index (χ3v) is 4.91. The highest BCUT2D eigenvalue weighted by atomic mass is 16.2. The number of pyridine rings is 1. The Morgan fingerprint density at radius 1 is 1.06 bits per heavy atom. The van der Waals surface area contributed by atoms with Gasteiger partial charge < -0.3 is 20.9 Å². The summed E-state index contributed by atoms with van der Waals surface area (Å²) < 4.78 is 1.72. The largest absolute Gasteiger partial charge is 0.383 e. The van der Waals surface area contributed by atoms with Gasteiger partial charge in [-0.2, -0.15) is 0 Å². The van der Waals surface area contributed by atoms with Gasteiger partial charge in [0.1, 0.15) is 17.8 Å². The zero-order chi connectivity index (χ0) is 22.0. The van der Waals surface area contributed by atoms with Gasteiger partial charge in [-0.05, 0) is 30.2 Å². The van der Waals surface area contributed by atoms with E-state index in [9.17, 15) is 9.59 Å². The predicted octanol–water partition coefficient (Wildman–Crippen LogP) is 3.38. The zero-order valence-corrected chi connectivity index (χ0v) is 17.1. The number of carbonyl (C=O) groups is 2. The first-order chi connectivity index (χ1) is 15.0. The Morgan fingerprint density at radius 2 is 1.81 bits per heavy atom. The molecule has 0 aliphatic carbocycles. The molecule has 3 heterocycles. The van der Waals surface area contributed by atoms with Crippen LogP contribution in [0, 0.1) is 0 Å². The summed E-state index contributed by atoms with van der Waals surface area (Å²) in [4.78, 5) is 37.7. The van der Waals surface area contributed by atoms with Gasteiger partial charge in [0.25, 0.3) is 0 Å². The van der Waals surface area contributed by atoms with Crippen LogP contribution in [0.15, 0.2) is 55.2 Å². The number of nitrogens with one attached hydrogen (secondary N) is 2. The molecule has 0 aliphatic rings. The van der Waals surface area contributed by atoms with Crippen LogP contribution in [0.1, 0.15) is 28.4 Å². The lowest BCUT2D eigenvalue weighted by atomic mass is 10.1. The molecule has 0 saturated carbocycles. The highest BCUT2D eigenvalue weighted by Gasteiger charge is 2.20.